The van der Waals surface area contributed by atoms with E-state index in [1.807, 2.05) is 24.3 Å². The normalized spacial score (nSPS) is 10.4. The van der Waals surface area contributed by atoms with Crippen LogP contribution in [-0.4, -0.2) is 24.9 Å². The van der Waals surface area contributed by atoms with Gasteiger partial charge in [0.25, 0.3) is 0 Å². The summed E-state index contributed by atoms with van der Waals surface area (Å²) in [6, 6.07) is 7.77. The van der Waals surface area contributed by atoms with Crippen molar-refractivity contribution in [3.05, 3.63) is 24.3 Å². The van der Waals surface area contributed by atoms with Crippen molar-refractivity contribution < 1.29 is 14.6 Å². The maximum absolute atomic E-state index is 8.69. The highest BCUT2D eigenvalue weighted by Crippen LogP contribution is 2.20. The summed E-state index contributed by atoms with van der Waals surface area (Å²) in [5.74, 6) is 1.71. The molecule has 0 heterocycles. The molecule has 0 bridgehead atoms. The van der Waals surface area contributed by atoms with Gasteiger partial charge in [0.2, 0.25) is 0 Å². The molecular weight excluding hydrogens is 240 g/mol. The zero-order chi connectivity index (χ0) is 13.8. The van der Waals surface area contributed by atoms with Crippen LogP contribution in [-0.2, 0) is 0 Å². The van der Waals surface area contributed by atoms with Crippen LogP contribution < -0.4 is 9.47 Å². The predicted molar refractivity (Wildman–Crippen MR) is 77.9 cm³/mol. The van der Waals surface area contributed by atoms with Gasteiger partial charge in [0.05, 0.1) is 13.2 Å². The van der Waals surface area contributed by atoms with Gasteiger partial charge in [-0.3, -0.25) is 0 Å². The number of hydrogen-bond donors (Lipinski definition) is 1. The van der Waals surface area contributed by atoms with Crippen LogP contribution in [0.2, 0.25) is 0 Å². The van der Waals surface area contributed by atoms with Gasteiger partial charge < -0.3 is 14.6 Å². The first-order chi connectivity index (χ1) is 9.36. The number of benzene rings is 1. The summed E-state index contributed by atoms with van der Waals surface area (Å²) in [6.45, 7) is 3.84. The SMILES string of the molecule is CCCCCCOc1cccc(OCCCCO)c1. The average molecular weight is 266 g/mol. The van der Waals surface area contributed by atoms with Crippen LogP contribution in [0.1, 0.15) is 45.4 Å². The molecule has 3 heteroatoms. The number of ether oxygens (including phenoxy) is 2. The highest BCUT2D eigenvalue weighted by atomic mass is 16.5. The van der Waals surface area contributed by atoms with Crippen molar-refractivity contribution >= 4 is 0 Å². The topological polar surface area (TPSA) is 38.7 Å². The van der Waals surface area contributed by atoms with Crippen LogP contribution in [0, 0.1) is 0 Å². The first-order valence-electron chi connectivity index (χ1n) is 7.33. The summed E-state index contributed by atoms with van der Waals surface area (Å²) >= 11 is 0. The molecule has 0 saturated carbocycles. The van der Waals surface area contributed by atoms with Crippen molar-refractivity contribution in [3.8, 4) is 11.5 Å². The van der Waals surface area contributed by atoms with Crippen LogP contribution in [0.5, 0.6) is 11.5 Å². The Morgan fingerprint density at radius 2 is 1.53 bits per heavy atom. The molecule has 0 spiro atoms. The third-order valence-corrected chi connectivity index (χ3v) is 2.89. The first kappa shape index (κ1) is 15.8. The lowest BCUT2D eigenvalue weighted by atomic mass is 10.2. The van der Waals surface area contributed by atoms with Crippen LogP contribution in [0.15, 0.2) is 24.3 Å². The van der Waals surface area contributed by atoms with Crippen molar-refractivity contribution in [2.24, 2.45) is 0 Å². The van der Waals surface area contributed by atoms with Gasteiger partial charge in [0.1, 0.15) is 11.5 Å². The van der Waals surface area contributed by atoms with Gasteiger partial charge in [-0.2, -0.15) is 0 Å². The smallest absolute Gasteiger partial charge is 0.122 e. The van der Waals surface area contributed by atoms with E-state index in [0.717, 1.165) is 37.4 Å². The van der Waals surface area contributed by atoms with Crippen LogP contribution in [0.25, 0.3) is 0 Å². The monoisotopic (exact) mass is 266 g/mol. The standard InChI is InChI=1S/C16H26O3/c1-2-3-4-6-12-18-15-9-8-10-16(14-15)19-13-7-5-11-17/h8-10,14,17H,2-7,11-13H2,1H3. The van der Waals surface area contributed by atoms with Crippen molar-refractivity contribution in [3.63, 3.8) is 0 Å². The van der Waals surface area contributed by atoms with Crippen molar-refractivity contribution in [1.82, 2.24) is 0 Å². The summed E-state index contributed by atoms with van der Waals surface area (Å²) in [6.07, 6.45) is 6.52. The van der Waals surface area contributed by atoms with E-state index in [2.05, 4.69) is 6.92 Å². The molecule has 1 aromatic carbocycles. The molecule has 0 amide bonds. The maximum Gasteiger partial charge on any atom is 0.122 e. The Morgan fingerprint density at radius 1 is 0.895 bits per heavy atom. The van der Waals surface area contributed by atoms with Crippen LogP contribution >= 0.6 is 0 Å². The van der Waals surface area contributed by atoms with E-state index in [1.54, 1.807) is 0 Å². The minimum atomic E-state index is 0.226. The first-order valence-corrected chi connectivity index (χ1v) is 7.33. The Kier molecular flexibility index (Phi) is 8.90. The third-order valence-electron chi connectivity index (χ3n) is 2.89. The van der Waals surface area contributed by atoms with Gasteiger partial charge in [-0.25, -0.2) is 0 Å². The zero-order valence-corrected chi connectivity index (χ0v) is 11.9. The molecule has 0 atom stereocenters. The van der Waals surface area contributed by atoms with Gasteiger partial charge in [0, 0.05) is 12.7 Å². The molecule has 0 unspecified atom stereocenters. The molecule has 0 fully saturated rings. The molecule has 3 nitrogen and oxygen atoms in total. The summed E-state index contributed by atoms with van der Waals surface area (Å²) in [5, 5.41) is 8.69. The fraction of sp³-hybridized carbons (Fsp3) is 0.625. The second kappa shape index (κ2) is 10.7. The molecule has 108 valence electrons. The largest absolute Gasteiger partial charge is 0.493 e. The third kappa shape index (κ3) is 7.73. The zero-order valence-electron chi connectivity index (χ0n) is 11.9. The molecule has 1 N–H and O–H groups in total. The van der Waals surface area contributed by atoms with Crippen molar-refractivity contribution in [1.29, 1.82) is 0 Å². The Hall–Kier alpha value is -1.22. The molecule has 0 aliphatic rings. The lowest BCUT2D eigenvalue weighted by molar-refractivity contribution is 0.251. The molecule has 1 aromatic rings. The van der Waals surface area contributed by atoms with Gasteiger partial charge >= 0.3 is 0 Å². The van der Waals surface area contributed by atoms with Crippen LogP contribution in [0.4, 0.5) is 0 Å². The molecule has 0 aliphatic carbocycles. The second-order valence-electron chi connectivity index (χ2n) is 4.66. The highest BCUT2D eigenvalue weighted by Gasteiger charge is 1.98. The van der Waals surface area contributed by atoms with E-state index in [9.17, 15) is 0 Å². The second-order valence-corrected chi connectivity index (χ2v) is 4.66. The van der Waals surface area contributed by atoms with E-state index in [-0.39, 0.29) is 6.61 Å². The molecule has 0 aromatic heterocycles. The fourth-order valence-electron chi connectivity index (χ4n) is 1.78. The fourth-order valence-corrected chi connectivity index (χ4v) is 1.78. The Labute approximate surface area is 116 Å². The molecule has 1 rings (SSSR count). The van der Waals surface area contributed by atoms with E-state index >= 15 is 0 Å². The van der Waals surface area contributed by atoms with Crippen LogP contribution in [0.3, 0.4) is 0 Å². The van der Waals surface area contributed by atoms with Crippen molar-refractivity contribution in [2.45, 2.75) is 45.4 Å². The number of aliphatic hydroxyl groups is 1. The lowest BCUT2D eigenvalue weighted by Crippen LogP contribution is -2.00. The van der Waals surface area contributed by atoms with Gasteiger partial charge in [-0.1, -0.05) is 32.3 Å². The van der Waals surface area contributed by atoms with E-state index in [4.69, 9.17) is 14.6 Å². The number of hydrogen-bond acceptors (Lipinski definition) is 3. The molecule has 0 saturated heterocycles. The highest BCUT2D eigenvalue weighted by molar-refractivity contribution is 5.32. The minimum Gasteiger partial charge on any atom is -0.493 e. The average Bonchev–Trinajstić information content (AvgIpc) is 2.44. The Bertz CT molecular complexity index is 326. The predicted octanol–water partition coefficient (Wildman–Crippen LogP) is 3.80. The lowest BCUT2D eigenvalue weighted by Gasteiger charge is -2.09. The van der Waals surface area contributed by atoms with E-state index < -0.39 is 0 Å². The summed E-state index contributed by atoms with van der Waals surface area (Å²) in [4.78, 5) is 0. The van der Waals surface area contributed by atoms with E-state index in [0.29, 0.717) is 6.61 Å². The number of rotatable bonds is 11. The van der Waals surface area contributed by atoms with E-state index in [1.165, 1.54) is 19.3 Å². The Morgan fingerprint density at radius 3 is 2.11 bits per heavy atom. The molecule has 0 radical (unpaired) electrons. The van der Waals surface area contributed by atoms with Gasteiger partial charge in [-0.05, 0) is 31.4 Å². The van der Waals surface area contributed by atoms with Gasteiger partial charge in [0.15, 0.2) is 0 Å². The van der Waals surface area contributed by atoms with Gasteiger partial charge in [-0.15, -0.1) is 0 Å². The summed E-state index contributed by atoms with van der Waals surface area (Å²) in [5.41, 5.74) is 0. The summed E-state index contributed by atoms with van der Waals surface area (Å²) < 4.78 is 11.3. The molecular formula is C16H26O3. The molecule has 0 aliphatic heterocycles. The van der Waals surface area contributed by atoms with Crippen molar-refractivity contribution in [2.75, 3.05) is 19.8 Å². The summed E-state index contributed by atoms with van der Waals surface area (Å²) in [7, 11) is 0. The number of aliphatic hydroxyl groups excluding tert-OH is 1. The minimum absolute atomic E-state index is 0.226. The Balaban J connectivity index is 2.23. The quantitative estimate of drug-likeness (QED) is 0.619. The maximum atomic E-state index is 8.69. The number of unbranched alkanes of at least 4 members (excludes halogenated alkanes) is 4. The molecule has 19 heavy (non-hydrogen) atoms.